The van der Waals surface area contributed by atoms with E-state index in [-0.39, 0.29) is 18.4 Å². The fraction of sp³-hybridized carbons (Fsp3) is 0.333. The first-order valence-corrected chi connectivity index (χ1v) is 5.51. The van der Waals surface area contributed by atoms with Crippen LogP contribution in [0.15, 0.2) is 34.9 Å². The summed E-state index contributed by atoms with van der Waals surface area (Å²) in [7, 11) is 1.92. The summed E-state index contributed by atoms with van der Waals surface area (Å²) in [6.07, 6.45) is 0. The van der Waals surface area contributed by atoms with Crippen molar-refractivity contribution in [1.82, 2.24) is 10.1 Å². The predicted octanol–water partition coefficient (Wildman–Crippen LogP) is 2.15. The van der Waals surface area contributed by atoms with Crippen molar-refractivity contribution in [3.8, 4) is 0 Å². The van der Waals surface area contributed by atoms with Crippen LogP contribution >= 0.6 is 12.4 Å². The number of hydrogen-bond donors (Lipinski definition) is 1. The largest absolute Gasteiger partial charge is 0.337 e. The van der Waals surface area contributed by atoms with Gasteiger partial charge in [-0.1, -0.05) is 30.3 Å². The smallest absolute Gasteiger partial charge is 0.266 e. The van der Waals surface area contributed by atoms with Crippen molar-refractivity contribution in [2.45, 2.75) is 19.5 Å². The average Bonchev–Trinajstić information content (AvgIpc) is 2.79. The molecule has 0 unspecified atom stereocenters. The quantitative estimate of drug-likeness (QED) is 0.920. The van der Waals surface area contributed by atoms with E-state index in [0.717, 1.165) is 6.54 Å². The highest BCUT2D eigenvalue weighted by Crippen LogP contribution is 2.14. The molecule has 5 nitrogen and oxygen atoms in total. The molecule has 2 rings (SSSR count). The molecule has 0 aliphatic carbocycles. The zero-order valence-electron chi connectivity index (χ0n) is 10.4. The molecule has 0 aliphatic rings. The fourth-order valence-corrected chi connectivity index (χ4v) is 1.49. The van der Waals surface area contributed by atoms with Crippen LogP contribution in [-0.2, 0) is 6.54 Å². The lowest BCUT2D eigenvalue weighted by atomic mass is 10.2. The Balaban J connectivity index is 0.00000162. The number of benzene rings is 1. The minimum Gasteiger partial charge on any atom is -0.337 e. The summed E-state index contributed by atoms with van der Waals surface area (Å²) < 4.78 is 5.06. The highest BCUT2D eigenvalue weighted by Gasteiger charge is 2.13. The Labute approximate surface area is 112 Å². The fourth-order valence-electron chi connectivity index (χ4n) is 1.49. The Kier molecular flexibility index (Phi) is 5.12. The van der Waals surface area contributed by atoms with Gasteiger partial charge in [-0.05, 0) is 17.6 Å². The van der Waals surface area contributed by atoms with Gasteiger partial charge in [-0.3, -0.25) is 0 Å². The van der Waals surface area contributed by atoms with E-state index in [1.807, 2.05) is 37.1 Å². The second-order valence-electron chi connectivity index (χ2n) is 4.06. The molecule has 0 saturated carbocycles. The molecule has 1 aromatic carbocycles. The Morgan fingerprint density at radius 2 is 2.00 bits per heavy atom. The van der Waals surface area contributed by atoms with Crippen molar-refractivity contribution in [2.24, 2.45) is 5.73 Å². The average molecular weight is 269 g/mol. The van der Waals surface area contributed by atoms with Gasteiger partial charge in [0.05, 0.1) is 6.04 Å². The summed E-state index contributed by atoms with van der Waals surface area (Å²) in [5.41, 5.74) is 6.86. The standard InChI is InChI=1S/C12H16N4O.ClH/c1-9(13)11-14-12(15-17-11)16(2)8-10-6-4-3-5-7-10;/h3-7,9H,8,13H2,1-2H3;1H/t9-;/m0./s1. The third-order valence-electron chi connectivity index (χ3n) is 2.42. The van der Waals surface area contributed by atoms with Crippen molar-refractivity contribution in [3.05, 3.63) is 41.8 Å². The molecule has 0 saturated heterocycles. The minimum atomic E-state index is -0.235. The molecule has 0 fully saturated rings. The van der Waals surface area contributed by atoms with Crippen LogP contribution in [-0.4, -0.2) is 17.2 Å². The molecule has 6 heteroatoms. The zero-order chi connectivity index (χ0) is 12.3. The monoisotopic (exact) mass is 268 g/mol. The van der Waals surface area contributed by atoms with Gasteiger partial charge in [0.2, 0.25) is 5.89 Å². The van der Waals surface area contributed by atoms with Crippen LogP contribution in [0.1, 0.15) is 24.4 Å². The maximum absolute atomic E-state index is 5.66. The van der Waals surface area contributed by atoms with Gasteiger partial charge in [-0.15, -0.1) is 12.4 Å². The first-order valence-electron chi connectivity index (χ1n) is 5.51. The van der Waals surface area contributed by atoms with Gasteiger partial charge < -0.3 is 15.2 Å². The molecule has 1 heterocycles. The van der Waals surface area contributed by atoms with Gasteiger partial charge in [0, 0.05) is 13.6 Å². The molecular weight excluding hydrogens is 252 g/mol. The van der Waals surface area contributed by atoms with Gasteiger partial charge in [-0.2, -0.15) is 4.98 Å². The number of aromatic nitrogens is 2. The number of halogens is 1. The number of nitrogens with zero attached hydrogens (tertiary/aromatic N) is 3. The molecule has 18 heavy (non-hydrogen) atoms. The molecule has 1 atom stereocenters. The summed E-state index contributed by atoms with van der Waals surface area (Å²) >= 11 is 0. The SMILES string of the molecule is C[C@H](N)c1nc(N(C)Cc2ccccc2)no1.Cl. The molecule has 2 aromatic rings. The molecule has 0 spiro atoms. The first kappa shape index (κ1) is 14.5. The second kappa shape index (κ2) is 6.37. The summed E-state index contributed by atoms with van der Waals surface area (Å²) in [4.78, 5) is 6.15. The minimum absolute atomic E-state index is 0. The van der Waals surface area contributed by atoms with Gasteiger partial charge in [-0.25, -0.2) is 0 Å². The molecule has 98 valence electrons. The summed E-state index contributed by atoms with van der Waals surface area (Å²) in [6.45, 7) is 2.55. The first-order chi connectivity index (χ1) is 8.16. The topological polar surface area (TPSA) is 68.2 Å². The van der Waals surface area contributed by atoms with E-state index >= 15 is 0 Å². The Bertz CT molecular complexity index is 472. The van der Waals surface area contributed by atoms with E-state index < -0.39 is 0 Å². The molecule has 0 amide bonds. The Hall–Kier alpha value is -1.59. The third-order valence-corrected chi connectivity index (χ3v) is 2.42. The lowest BCUT2D eigenvalue weighted by molar-refractivity contribution is 0.361. The summed E-state index contributed by atoms with van der Waals surface area (Å²) in [6, 6.07) is 9.89. The van der Waals surface area contributed by atoms with Crippen molar-refractivity contribution in [2.75, 3.05) is 11.9 Å². The van der Waals surface area contributed by atoms with Gasteiger partial charge >= 0.3 is 0 Å². The molecule has 2 N–H and O–H groups in total. The van der Waals surface area contributed by atoms with Crippen LogP contribution in [0.3, 0.4) is 0 Å². The van der Waals surface area contributed by atoms with Crippen LogP contribution in [0.4, 0.5) is 5.95 Å². The van der Waals surface area contributed by atoms with E-state index in [1.54, 1.807) is 0 Å². The van der Waals surface area contributed by atoms with Gasteiger partial charge in [0.15, 0.2) is 0 Å². The van der Waals surface area contributed by atoms with E-state index in [1.165, 1.54) is 5.56 Å². The molecule has 1 aromatic heterocycles. The summed E-state index contributed by atoms with van der Waals surface area (Å²) in [5.74, 6) is 1.01. The normalized spacial score (nSPS) is 11.7. The Morgan fingerprint density at radius 3 is 2.56 bits per heavy atom. The molecular formula is C12H17ClN4O. The van der Waals surface area contributed by atoms with E-state index in [2.05, 4.69) is 22.3 Å². The van der Waals surface area contributed by atoms with E-state index in [4.69, 9.17) is 10.3 Å². The van der Waals surface area contributed by atoms with Crippen molar-refractivity contribution >= 4 is 18.4 Å². The number of rotatable bonds is 4. The predicted molar refractivity (Wildman–Crippen MR) is 72.7 cm³/mol. The van der Waals surface area contributed by atoms with Crippen molar-refractivity contribution in [1.29, 1.82) is 0 Å². The number of anilines is 1. The van der Waals surface area contributed by atoms with E-state index in [0.29, 0.717) is 11.8 Å². The van der Waals surface area contributed by atoms with Crippen LogP contribution in [0, 0.1) is 0 Å². The van der Waals surface area contributed by atoms with Crippen LogP contribution in [0.25, 0.3) is 0 Å². The lowest BCUT2D eigenvalue weighted by Gasteiger charge is -2.13. The lowest BCUT2D eigenvalue weighted by Crippen LogP contribution is -2.18. The van der Waals surface area contributed by atoms with E-state index in [9.17, 15) is 0 Å². The highest BCUT2D eigenvalue weighted by molar-refractivity contribution is 5.85. The maximum Gasteiger partial charge on any atom is 0.266 e. The highest BCUT2D eigenvalue weighted by atomic mass is 35.5. The van der Waals surface area contributed by atoms with Gasteiger partial charge in [0.25, 0.3) is 5.95 Å². The summed E-state index contributed by atoms with van der Waals surface area (Å²) in [5, 5.41) is 3.89. The molecule has 0 bridgehead atoms. The molecule has 0 radical (unpaired) electrons. The third kappa shape index (κ3) is 3.45. The Morgan fingerprint density at radius 1 is 1.33 bits per heavy atom. The van der Waals surface area contributed by atoms with Crippen LogP contribution < -0.4 is 10.6 Å². The van der Waals surface area contributed by atoms with Crippen molar-refractivity contribution in [3.63, 3.8) is 0 Å². The maximum atomic E-state index is 5.66. The van der Waals surface area contributed by atoms with Crippen molar-refractivity contribution < 1.29 is 4.52 Å². The van der Waals surface area contributed by atoms with Gasteiger partial charge in [0.1, 0.15) is 0 Å². The number of hydrogen-bond acceptors (Lipinski definition) is 5. The molecule has 0 aliphatic heterocycles. The van der Waals surface area contributed by atoms with Crippen LogP contribution in [0.5, 0.6) is 0 Å². The number of nitrogens with two attached hydrogens (primary N) is 1. The van der Waals surface area contributed by atoms with Crippen LogP contribution in [0.2, 0.25) is 0 Å². The second-order valence-corrected chi connectivity index (χ2v) is 4.06. The zero-order valence-corrected chi connectivity index (χ0v) is 11.2.